The maximum absolute atomic E-state index is 13.3. The van der Waals surface area contributed by atoms with Crippen molar-refractivity contribution in [2.45, 2.75) is 77.4 Å². The number of allylic oxidation sites excluding steroid dienone is 11. The van der Waals surface area contributed by atoms with Crippen molar-refractivity contribution < 1.29 is 8.42 Å². The van der Waals surface area contributed by atoms with Gasteiger partial charge in [0.05, 0.1) is 10.1 Å². The van der Waals surface area contributed by atoms with Crippen LogP contribution in [0.3, 0.4) is 0 Å². The van der Waals surface area contributed by atoms with Crippen LogP contribution in [-0.4, -0.2) is 19.5 Å². The lowest BCUT2D eigenvalue weighted by Gasteiger charge is -2.32. The Balaban J connectivity index is 2.22. The van der Waals surface area contributed by atoms with Crippen LogP contribution < -0.4 is 0 Å². The largest absolute Gasteiger partial charge is 0.223 e. The van der Waals surface area contributed by atoms with Crippen LogP contribution in [0, 0.1) is 5.41 Å². The maximum atomic E-state index is 13.3. The standard InChI is InChI=1S/C31H41ClO2S/c1-24(18-20-30-27(4)14-11-21-31(30,5)6)12-10-13-25(2)22-29(19-17-26(3)23-32)35(33,34)28-15-8-7-9-16-28/h7-10,12-13,15-18,20,22,29H,11,14,19,21,23H2,1-6H3/b13-10+,20-18+,24-12+,25-22+,26-17+. The maximum Gasteiger partial charge on any atom is 0.185 e. The van der Waals surface area contributed by atoms with Gasteiger partial charge >= 0.3 is 0 Å². The lowest BCUT2D eigenvalue weighted by Crippen LogP contribution is -2.19. The van der Waals surface area contributed by atoms with Gasteiger partial charge in [0.1, 0.15) is 0 Å². The minimum absolute atomic E-state index is 0.226. The van der Waals surface area contributed by atoms with E-state index in [0.717, 1.165) is 16.7 Å². The predicted octanol–water partition coefficient (Wildman–Crippen LogP) is 8.94. The van der Waals surface area contributed by atoms with Gasteiger partial charge in [0.15, 0.2) is 9.84 Å². The van der Waals surface area contributed by atoms with Crippen LogP contribution in [0.2, 0.25) is 0 Å². The molecule has 2 nitrogen and oxygen atoms in total. The van der Waals surface area contributed by atoms with E-state index in [4.69, 9.17) is 11.6 Å². The Labute approximate surface area is 218 Å². The van der Waals surface area contributed by atoms with E-state index in [-0.39, 0.29) is 5.41 Å². The Morgan fingerprint density at radius 2 is 1.77 bits per heavy atom. The molecule has 0 radical (unpaired) electrons. The summed E-state index contributed by atoms with van der Waals surface area (Å²) >= 11 is 5.91. The topological polar surface area (TPSA) is 34.1 Å². The molecule has 1 aliphatic carbocycles. The van der Waals surface area contributed by atoms with E-state index in [2.05, 4.69) is 45.9 Å². The van der Waals surface area contributed by atoms with E-state index in [1.807, 2.05) is 44.2 Å². The van der Waals surface area contributed by atoms with Crippen LogP contribution >= 0.6 is 11.6 Å². The van der Waals surface area contributed by atoms with Gasteiger partial charge in [-0.1, -0.05) is 96.9 Å². The van der Waals surface area contributed by atoms with Gasteiger partial charge in [0, 0.05) is 5.88 Å². The fourth-order valence-corrected chi connectivity index (χ4v) is 6.16. The molecule has 1 aromatic carbocycles. The highest BCUT2D eigenvalue weighted by Crippen LogP contribution is 2.40. The smallest absolute Gasteiger partial charge is 0.185 e. The zero-order chi connectivity index (χ0) is 26.1. The number of alkyl halides is 1. The summed E-state index contributed by atoms with van der Waals surface area (Å²) in [4.78, 5) is 0.339. The van der Waals surface area contributed by atoms with Gasteiger partial charge in [-0.25, -0.2) is 8.42 Å². The summed E-state index contributed by atoms with van der Waals surface area (Å²) in [5.74, 6) is 0.395. The molecule has 1 aliphatic rings. The van der Waals surface area contributed by atoms with Gasteiger partial charge < -0.3 is 0 Å². The van der Waals surface area contributed by atoms with Gasteiger partial charge in [0.2, 0.25) is 0 Å². The fraction of sp³-hybridized carbons (Fsp3) is 0.419. The van der Waals surface area contributed by atoms with Crippen molar-refractivity contribution in [1.29, 1.82) is 0 Å². The SMILES string of the molecule is CC1=C(/C=C/C(C)=C/C=C/C(C)=C/C(C/C=C(\C)CCl)S(=O)(=O)c2ccccc2)C(C)(C)CCC1. The molecular formula is C31H41ClO2S. The van der Waals surface area contributed by atoms with Crippen molar-refractivity contribution in [3.05, 3.63) is 101 Å². The number of halogens is 1. The molecule has 0 amide bonds. The van der Waals surface area contributed by atoms with Crippen molar-refractivity contribution >= 4 is 21.4 Å². The van der Waals surface area contributed by atoms with Gasteiger partial charge in [-0.2, -0.15) is 0 Å². The van der Waals surface area contributed by atoms with Crippen LogP contribution in [0.15, 0.2) is 106 Å². The summed E-state index contributed by atoms with van der Waals surface area (Å²) < 4.78 is 26.6. The molecule has 35 heavy (non-hydrogen) atoms. The van der Waals surface area contributed by atoms with Crippen LogP contribution in [0.5, 0.6) is 0 Å². The Kier molecular flexibility index (Phi) is 11.0. The average molecular weight is 513 g/mol. The van der Waals surface area contributed by atoms with Gasteiger partial charge in [-0.05, 0) is 76.5 Å². The molecule has 2 rings (SSSR count). The van der Waals surface area contributed by atoms with Crippen molar-refractivity contribution in [1.82, 2.24) is 0 Å². The Bertz CT molecular complexity index is 1140. The second kappa shape index (κ2) is 13.3. The van der Waals surface area contributed by atoms with Crippen molar-refractivity contribution in [3.63, 3.8) is 0 Å². The molecule has 1 unspecified atom stereocenters. The molecule has 0 aliphatic heterocycles. The molecule has 0 saturated heterocycles. The predicted molar refractivity (Wildman–Crippen MR) is 153 cm³/mol. The highest BCUT2D eigenvalue weighted by Gasteiger charge is 2.26. The molecular weight excluding hydrogens is 472 g/mol. The number of benzene rings is 1. The number of hydrogen-bond donors (Lipinski definition) is 0. The fourth-order valence-electron chi connectivity index (χ4n) is 4.42. The second-order valence-corrected chi connectivity index (χ2v) is 12.7. The molecule has 190 valence electrons. The van der Waals surface area contributed by atoms with Crippen LogP contribution in [-0.2, 0) is 9.84 Å². The third-order valence-corrected chi connectivity index (χ3v) is 9.08. The highest BCUT2D eigenvalue weighted by molar-refractivity contribution is 7.92. The van der Waals surface area contributed by atoms with Crippen molar-refractivity contribution in [2.75, 3.05) is 5.88 Å². The highest BCUT2D eigenvalue weighted by atomic mass is 35.5. The minimum atomic E-state index is -3.51. The summed E-state index contributed by atoms with van der Waals surface area (Å²) in [5.41, 5.74) is 6.20. The first-order chi connectivity index (χ1) is 16.5. The third-order valence-electron chi connectivity index (χ3n) is 6.60. The van der Waals surface area contributed by atoms with Crippen LogP contribution in [0.1, 0.15) is 67.2 Å². The third kappa shape index (κ3) is 8.81. The molecule has 0 N–H and O–H groups in total. The first-order valence-electron chi connectivity index (χ1n) is 12.4. The van der Waals surface area contributed by atoms with Gasteiger partial charge in [0.25, 0.3) is 0 Å². The Hall–Kier alpha value is -2.10. The molecule has 0 spiro atoms. The summed E-state index contributed by atoms with van der Waals surface area (Å²) in [7, 11) is -3.51. The zero-order valence-corrected chi connectivity index (χ0v) is 23.7. The van der Waals surface area contributed by atoms with Gasteiger partial charge in [-0.3, -0.25) is 0 Å². The number of sulfone groups is 1. The van der Waals surface area contributed by atoms with E-state index in [1.165, 1.54) is 30.4 Å². The van der Waals surface area contributed by atoms with Crippen LogP contribution in [0.25, 0.3) is 0 Å². The first-order valence-corrected chi connectivity index (χ1v) is 14.5. The van der Waals surface area contributed by atoms with Crippen molar-refractivity contribution in [2.24, 2.45) is 5.41 Å². The van der Waals surface area contributed by atoms with E-state index in [0.29, 0.717) is 17.2 Å². The molecule has 0 bridgehead atoms. The summed E-state index contributed by atoms with van der Waals surface area (Å²) in [6.07, 6.45) is 18.3. The molecule has 1 atom stereocenters. The Morgan fingerprint density at radius 3 is 2.40 bits per heavy atom. The lowest BCUT2D eigenvalue weighted by molar-refractivity contribution is 0.377. The first kappa shape index (κ1) is 29.1. The average Bonchev–Trinajstić information content (AvgIpc) is 2.81. The van der Waals surface area contributed by atoms with Crippen molar-refractivity contribution in [3.8, 4) is 0 Å². The minimum Gasteiger partial charge on any atom is -0.223 e. The van der Waals surface area contributed by atoms with E-state index in [9.17, 15) is 8.42 Å². The number of hydrogen-bond acceptors (Lipinski definition) is 2. The zero-order valence-electron chi connectivity index (χ0n) is 22.1. The molecule has 0 heterocycles. The summed E-state index contributed by atoms with van der Waals surface area (Å²) in [6.45, 7) is 12.9. The summed E-state index contributed by atoms with van der Waals surface area (Å²) in [5, 5.41) is -0.652. The quantitative estimate of drug-likeness (QED) is 0.178. The van der Waals surface area contributed by atoms with Crippen LogP contribution in [0.4, 0.5) is 0 Å². The molecule has 0 aromatic heterocycles. The Morgan fingerprint density at radius 1 is 1.09 bits per heavy atom. The lowest BCUT2D eigenvalue weighted by atomic mass is 9.72. The molecule has 0 fully saturated rings. The monoisotopic (exact) mass is 512 g/mol. The summed E-state index contributed by atoms with van der Waals surface area (Å²) in [6, 6.07) is 8.65. The molecule has 0 saturated carbocycles. The van der Waals surface area contributed by atoms with E-state index < -0.39 is 15.1 Å². The van der Waals surface area contributed by atoms with E-state index >= 15 is 0 Å². The molecule has 4 heteroatoms. The number of rotatable bonds is 10. The van der Waals surface area contributed by atoms with E-state index in [1.54, 1.807) is 24.3 Å². The molecule has 1 aromatic rings. The van der Waals surface area contributed by atoms with Gasteiger partial charge in [-0.15, -0.1) is 11.6 Å². The second-order valence-electron chi connectivity index (χ2n) is 10.3. The normalized spacial score (nSPS) is 19.1.